The molecule has 4 heteroatoms. The Kier molecular flexibility index (Phi) is 3.32. The zero-order chi connectivity index (χ0) is 8.27. The molecule has 62 valence electrons. The molecule has 3 nitrogen and oxygen atoms in total. The molecule has 2 N–H and O–H groups in total. The van der Waals surface area contributed by atoms with Crippen LogP contribution in [0.5, 0.6) is 0 Å². The Morgan fingerprint density at radius 2 is 2.55 bits per heavy atom. The van der Waals surface area contributed by atoms with E-state index in [-0.39, 0.29) is 0 Å². The van der Waals surface area contributed by atoms with Gasteiger partial charge in [-0.1, -0.05) is 6.92 Å². The summed E-state index contributed by atoms with van der Waals surface area (Å²) in [6.45, 7) is 3.75. The van der Waals surface area contributed by atoms with Gasteiger partial charge in [0.1, 0.15) is 0 Å². The highest BCUT2D eigenvalue weighted by Crippen LogP contribution is 2.03. The smallest absolute Gasteiger partial charge is 0.0623 e. The first-order chi connectivity index (χ1) is 5.22. The van der Waals surface area contributed by atoms with Crippen LogP contribution in [0.2, 0.25) is 0 Å². The van der Waals surface area contributed by atoms with Crippen LogP contribution in [0.1, 0.15) is 6.92 Å². The molecule has 0 radical (unpaired) electrons. The second-order valence-corrected chi connectivity index (χ2v) is 3.97. The summed E-state index contributed by atoms with van der Waals surface area (Å²) in [6, 6.07) is 0. The van der Waals surface area contributed by atoms with Crippen LogP contribution >= 0.6 is 22.6 Å². The van der Waals surface area contributed by atoms with Crippen molar-refractivity contribution in [3.8, 4) is 0 Å². The lowest BCUT2D eigenvalue weighted by Crippen LogP contribution is -2.17. The summed E-state index contributed by atoms with van der Waals surface area (Å²) in [6.07, 6.45) is 3.87. The Morgan fingerprint density at radius 3 is 3.00 bits per heavy atom. The molecule has 0 fully saturated rings. The maximum atomic E-state index is 5.48. The Balaban J connectivity index is 2.50. The summed E-state index contributed by atoms with van der Waals surface area (Å²) in [5.41, 5.74) is 5.48. The molecule has 0 spiro atoms. The molecule has 1 unspecified atom stereocenters. The molecule has 0 aliphatic rings. The summed E-state index contributed by atoms with van der Waals surface area (Å²) in [5, 5.41) is 4.16. The Bertz CT molecular complexity index is 221. The van der Waals surface area contributed by atoms with E-state index in [1.54, 1.807) is 0 Å². The second-order valence-electron chi connectivity index (χ2n) is 2.72. The van der Waals surface area contributed by atoms with E-state index in [1.165, 1.54) is 3.57 Å². The van der Waals surface area contributed by atoms with Gasteiger partial charge in [-0.15, -0.1) is 0 Å². The largest absolute Gasteiger partial charge is 0.330 e. The van der Waals surface area contributed by atoms with Crippen molar-refractivity contribution in [1.29, 1.82) is 0 Å². The van der Waals surface area contributed by atoms with Gasteiger partial charge in [-0.25, -0.2) is 0 Å². The van der Waals surface area contributed by atoms with Crippen molar-refractivity contribution in [2.75, 3.05) is 6.54 Å². The van der Waals surface area contributed by atoms with Crippen LogP contribution in [0.15, 0.2) is 12.4 Å². The molecular formula is C7H12IN3. The maximum absolute atomic E-state index is 5.48. The maximum Gasteiger partial charge on any atom is 0.0623 e. The van der Waals surface area contributed by atoms with Crippen LogP contribution in [0, 0.1) is 9.49 Å². The Morgan fingerprint density at radius 1 is 1.82 bits per heavy atom. The molecule has 1 rings (SSSR count). The van der Waals surface area contributed by atoms with Gasteiger partial charge in [0.2, 0.25) is 0 Å². The molecule has 0 aliphatic heterocycles. The number of hydrogen-bond acceptors (Lipinski definition) is 2. The summed E-state index contributed by atoms with van der Waals surface area (Å²) >= 11 is 2.24. The number of rotatable bonds is 3. The fraction of sp³-hybridized carbons (Fsp3) is 0.571. The third-order valence-electron chi connectivity index (χ3n) is 1.50. The van der Waals surface area contributed by atoms with E-state index in [2.05, 4.69) is 34.6 Å². The van der Waals surface area contributed by atoms with E-state index in [0.717, 1.165) is 13.1 Å². The monoisotopic (exact) mass is 265 g/mol. The summed E-state index contributed by atoms with van der Waals surface area (Å²) in [4.78, 5) is 0. The third kappa shape index (κ3) is 2.78. The average molecular weight is 265 g/mol. The fourth-order valence-corrected chi connectivity index (χ4v) is 1.28. The molecule has 0 aromatic carbocycles. The first-order valence-corrected chi connectivity index (χ1v) is 4.68. The van der Waals surface area contributed by atoms with Crippen LogP contribution in [0.25, 0.3) is 0 Å². The van der Waals surface area contributed by atoms with Crippen LogP contribution < -0.4 is 5.73 Å². The highest BCUT2D eigenvalue weighted by atomic mass is 127. The third-order valence-corrected chi connectivity index (χ3v) is 2.06. The number of nitrogens with zero attached hydrogens (tertiary/aromatic N) is 2. The highest BCUT2D eigenvalue weighted by molar-refractivity contribution is 14.1. The van der Waals surface area contributed by atoms with E-state index in [4.69, 9.17) is 5.73 Å². The van der Waals surface area contributed by atoms with E-state index < -0.39 is 0 Å². The molecule has 1 heterocycles. The quantitative estimate of drug-likeness (QED) is 0.831. The Hall–Kier alpha value is -0.100. The van der Waals surface area contributed by atoms with Crippen molar-refractivity contribution >= 4 is 22.6 Å². The molecule has 11 heavy (non-hydrogen) atoms. The van der Waals surface area contributed by atoms with Gasteiger partial charge in [0.15, 0.2) is 0 Å². The van der Waals surface area contributed by atoms with Crippen LogP contribution in [0.4, 0.5) is 0 Å². The topological polar surface area (TPSA) is 43.8 Å². The molecule has 1 aromatic heterocycles. The Labute approximate surface area is 80.1 Å². The number of nitrogens with two attached hydrogens (primary N) is 1. The zero-order valence-electron chi connectivity index (χ0n) is 6.50. The second kappa shape index (κ2) is 4.06. The van der Waals surface area contributed by atoms with Crippen LogP contribution in [-0.2, 0) is 6.54 Å². The first kappa shape index (κ1) is 8.99. The highest BCUT2D eigenvalue weighted by Gasteiger charge is 2.00. The van der Waals surface area contributed by atoms with Crippen molar-refractivity contribution in [2.24, 2.45) is 11.7 Å². The lowest BCUT2D eigenvalue weighted by molar-refractivity contribution is 0.458. The first-order valence-electron chi connectivity index (χ1n) is 3.60. The van der Waals surface area contributed by atoms with Crippen molar-refractivity contribution in [2.45, 2.75) is 13.5 Å². The molecular weight excluding hydrogens is 253 g/mol. The van der Waals surface area contributed by atoms with Crippen molar-refractivity contribution in [3.63, 3.8) is 0 Å². The van der Waals surface area contributed by atoms with Crippen LogP contribution in [0.3, 0.4) is 0 Å². The summed E-state index contributed by atoms with van der Waals surface area (Å²) in [7, 11) is 0. The van der Waals surface area contributed by atoms with Gasteiger partial charge in [0.05, 0.1) is 9.77 Å². The minimum Gasteiger partial charge on any atom is -0.330 e. The number of halogens is 1. The van der Waals surface area contributed by atoms with Gasteiger partial charge in [-0.3, -0.25) is 4.68 Å². The minimum absolute atomic E-state index is 0.505. The summed E-state index contributed by atoms with van der Waals surface area (Å²) in [5.74, 6) is 0.505. The molecule has 0 bridgehead atoms. The number of aromatic nitrogens is 2. The lowest BCUT2D eigenvalue weighted by atomic mass is 10.2. The van der Waals surface area contributed by atoms with Crippen molar-refractivity contribution in [1.82, 2.24) is 9.78 Å². The predicted molar refractivity (Wildman–Crippen MR) is 53.2 cm³/mol. The van der Waals surface area contributed by atoms with Gasteiger partial charge in [0.25, 0.3) is 0 Å². The minimum atomic E-state index is 0.505. The van der Waals surface area contributed by atoms with E-state index in [1.807, 2.05) is 17.1 Å². The zero-order valence-corrected chi connectivity index (χ0v) is 8.65. The SMILES string of the molecule is CC(CN)Cn1cc(I)cn1. The molecule has 0 saturated carbocycles. The van der Waals surface area contributed by atoms with Crippen LogP contribution in [-0.4, -0.2) is 16.3 Å². The van der Waals surface area contributed by atoms with Crippen molar-refractivity contribution in [3.05, 3.63) is 16.0 Å². The standard InChI is InChI=1S/C7H12IN3/c1-6(2-9)4-11-5-7(8)3-10-11/h3,5-6H,2,4,9H2,1H3. The molecule has 1 atom stereocenters. The molecule has 0 aliphatic carbocycles. The van der Waals surface area contributed by atoms with E-state index in [9.17, 15) is 0 Å². The van der Waals surface area contributed by atoms with Gasteiger partial charge in [-0.2, -0.15) is 5.10 Å². The predicted octanol–water partition coefficient (Wildman–Crippen LogP) is 1.08. The van der Waals surface area contributed by atoms with Gasteiger partial charge in [-0.05, 0) is 35.1 Å². The lowest BCUT2D eigenvalue weighted by Gasteiger charge is -2.06. The normalized spacial score (nSPS) is 13.4. The van der Waals surface area contributed by atoms with Gasteiger partial charge in [0, 0.05) is 12.7 Å². The van der Waals surface area contributed by atoms with Gasteiger partial charge >= 0.3 is 0 Å². The fourth-order valence-electron chi connectivity index (χ4n) is 0.832. The molecule has 0 amide bonds. The molecule has 1 aromatic rings. The summed E-state index contributed by atoms with van der Waals surface area (Å²) < 4.78 is 3.10. The van der Waals surface area contributed by atoms with E-state index in [0.29, 0.717) is 5.92 Å². The van der Waals surface area contributed by atoms with Gasteiger partial charge < -0.3 is 5.73 Å². The number of hydrogen-bond donors (Lipinski definition) is 1. The average Bonchev–Trinajstić information content (AvgIpc) is 2.35. The van der Waals surface area contributed by atoms with Crippen molar-refractivity contribution < 1.29 is 0 Å². The molecule has 0 saturated heterocycles. The van der Waals surface area contributed by atoms with E-state index >= 15 is 0 Å².